The van der Waals surface area contributed by atoms with Crippen molar-refractivity contribution in [3.05, 3.63) is 30.1 Å². The van der Waals surface area contributed by atoms with Crippen LogP contribution >= 0.6 is 0 Å². The number of rotatable bonds is 7. The van der Waals surface area contributed by atoms with Crippen molar-refractivity contribution in [1.29, 1.82) is 0 Å². The fourth-order valence-corrected chi connectivity index (χ4v) is 11.5. The molecule has 0 heterocycles. The Morgan fingerprint density at radius 1 is 1.05 bits per heavy atom. The van der Waals surface area contributed by atoms with E-state index in [1.807, 2.05) is 0 Å². The fourth-order valence-electron chi connectivity index (χ4n) is 10.4. The molecule has 4 fully saturated rings. The number of carbonyl (C=O) groups excluding carboxylic acids is 1. The van der Waals surface area contributed by atoms with Crippen molar-refractivity contribution in [3.63, 3.8) is 0 Å². The molecule has 4 nitrogen and oxygen atoms in total. The van der Waals surface area contributed by atoms with Crippen LogP contribution in [-0.2, 0) is 14.8 Å². The summed E-state index contributed by atoms with van der Waals surface area (Å²) in [5.41, 5.74) is 0.846. The number of amides is 1. The number of carbonyl (C=O) groups is 1. The molecule has 5 rings (SSSR count). The van der Waals surface area contributed by atoms with Crippen LogP contribution in [0.5, 0.6) is 0 Å². The first-order valence-electron chi connectivity index (χ1n) is 15.3. The van der Waals surface area contributed by atoms with Crippen LogP contribution in [0.15, 0.2) is 29.2 Å². The second-order valence-electron chi connectivity index (χ2n) is 13.9. The second-order valence-corrected chi connectivity index (χ2v) is 15.6. The predicted octanol–water partition coefficient (Wildman–Crippen LogP) is 7.73. The molecule has 212 valence electrons. The lowest BCUT2D eigenvalue weighted by Crippen LogP contribution is -2.55. The Labute approximate surface area is 230 Å². The highest BCUT2D eigenvalue weighted by Crippen LogP contribution is 2.69. The maximum atomic E-state index is 13.5. The van der Waals surface area contributed by atoms with Crippen LogP contribution in [0.1, 0.15) is 105 Å². The number of benzene rings is 1. The van der Waals surface area contributed by atoms with Crippen molar-refractivity contribution in [3.8, 4) is 0 Å². The van der Waals surface area contributed by atoms with Crippen molar-refractivity contribution in [2.24, 2.45) is 52.3 Å². The summed E-state index contributed by atoms with van der Waals surface area (Å²) in [7, 11) is -4.06. The summed E-state index contributed by atoms with van der Waals surface area (Å²) in [5.74, 6) is 4.11. The van der Waals surface area contributed by atoms with E-state index >= 15 is 0 Å². The zero-order valence-electron chi connectivity index (χ0n) is 23.8. The molecule has 38 heavy (non-hydrogen) atoms. The van der Waals surface area contributed by atoms with Gasteiger partial charge in [0.1, 0.15) is 5.82 Å². The molecule has 6 heteroatoms. The van der Waals surface area contributed by atoms with Crippen molar-refractivity contribution in [2.45, 2.75) is 110 Å². The van der Waals surface area contributed by atoms with E-state index in [0.717, 1.165) is 35.7 Å². The fraction of sp³-hybridized carbons (Fsp3) is 0.781. The van der Waals surface area contributed by atoms with E-state index in [2.05, 4.69) is 32.4 Å². The van der Waals surface area contributed by atoms with Crippen LogP contribution in [0.3, 0.4) is 0 Å². The molecule has 0 spiro atoms. The molecule has 0 radical (unpaired) electrons. The first kappa shape index (κ1) is 28.1. The number of fused-ring (bicyclic) bond motifs is 5. The van der Waals surface area contributed by atoms with Crippen LogP contribution in [0.4, 0.5) is 4.39 Å². The van der Waals surface area contributed by atoms with Crippen LogP contribution in [0.2, 0.25) is 0 Å². The summed E-state index contributed by atoms with van der Waals surface area (Å²) in [6.07, 6.45) is 14.5. The van der Waals surface area contributed by atoms with Crippen LogP contribution in [-0.4, -0.2) is 14.3 Å². The lowest BCUT2D eigenvalue weighted by molar-refractivity contribution is -0.138. The van der Waals surface area contributed by atoms with Crippen LogP contribution in [0, 0.1) is 58.1 Å². The smallest absolute Gasteiger partial charge is 0.264 e. The zero-order chi connectivity index (χ0) is 27.3. The second kappa shape index (κ2) is 10.5. The SMILES string of the molecule is CC[C@H]1CC2C3CC[C@H]([C@H](C)CCC(=O)NS(=O)(=O)c4cccc(F)c4)[C@@]3(C)CCC2[C@@]2(C)CCCC[C@@H]12. The Bertz CT molecular complexity index is 1140. The Hall–Kier alpha value is -1.43. The highest BCUT2D eigenvalue weighted by molar-refractivity contribution is 7.90. The van der Waals surface area contributed by atoms with Crippen LogP contribution in [0.25, 0.3) is 0 Å². The van der Waals surface area contributed by atoms with Gasteiger partial charge in [-0.1, -0.05) is 53.0 Å². The lowest BCUT2D eigenvalue weighted by Gasteiger charge is -2.63. The predicted molar refractivity (Wildman–Crippen MR) is 149 cm³/mol. The highest BCUT2D eigenvalue weighted by Gasteiger charge is 2.61. The average molecular weight is 546 g/mol. The molecule has 4 aliphatic rings. The number of hydrogen-bond donors (Lipinski definition) is 1. The van der Waals surface area contributed by atoms with Gasteiger partial charge in [-0.25, -0.2) is 17.5 Å². The molecule has 1 aromatic carbocycles. The first-order chi connectivity index (χ1) is 18.0. The maximum absolute atomic E-state index is 13.5. The Morgan fingerprint density at radius 3 is 2.55 bits per heavy atom. The van der Waals surface area contributed by atoms with Gasteiger partial charge in [0.25, 0.3) is 10.0 Å². The van der Waals surface area contributed by atoms with Crippen LogP contribution < -0.4 is 4.72 Å². The monoisotopic (exact) mass is 545 g/mol. The normalized spacial score (nSPS) is 39.5. The minimum Gasteiger partial charge on any atom is -0.274 e. The summed E-state index contributed by atoms with van der Waals surface area (Å²) in [5, 5.41) is 0. The third-order valence-corrected chi connectivity index (χ3v) is 13.6. The van der Waals surface area contributed by atoms with Crippen molar-refractivity contribution in [2.75, 3.05) is 0 Å². The minimum absolute atomic E-state index is 0.177. The van der Waals surface area contributed by atoms with Gasteiger partial charge in [0.2, 0.25) is 5.91 Å². The molecule has 0 aliphatic heterocycles. The largest absolute Gasteiger partial charge is 0.274 e. The number of hydrogen-bond acceptors (Lipinski definition) is 3. The van der Waals surface area contributed by atoms with Gasteiger partial charge in [0.15, 0.2) is 0 Å². The molecule has 1 amide bonds. The Kier molecular flexibility index (Phi) is 7.78. The van der Waals surface area contributed by atoms with Crippen molar-refractivity contribution < 1.29 is 17.6 Å². The Balaban J connectivity index is 1.24. The van der Waals surface area contributed by atoms with E-state index in [0.29, 0.717) is 29.1 Å². The Morgan fingerprint density at radius 2 is 1.82 bits per heavy atom. The van der Waals surface area contributed by atoms with Gasteiger partial charge >= 0.3 is 0 Å². The molecular weight excluding hydrogens is 497 g/mol. The van der Waals surface area contributed by atoms with Gasteiger partial charge in [0, 0.05) is 6.42 Å². The molecule has 0 saturated heterocycles. The quantitative estimate of drug-likeness (QED) is 0.381. The molecule has 0 bridgehead atoms. The molecule has 1 aromatic rings. The van der Waals surface area contributed by atoms with Gasteiger partial charge in [-0.2, -0.15) is 0 Å². The van der Waals surface area contributed by atoms with E-state index in [1.54, 1.807) is 0 Å². The lowest BCUT2D eigenvalue weighted by atomic mass is 9.42. The van der Waals surface area contributed by atoms with Gasteiger partial charge in [-0.15, -0.1) is 0 Å². The van der Waals surface area contributed by atoms with E-state index in [9.17, 15) is 17.6 Å². The maximum Gasteiger partial charge on any atom is 0.264 e. The van der Waals surface area contributed by atoms with E-state index < -0.39 is 21.7 Å². The molecular formula is C32H48FNO3S. The van der Waals surface area contributed by atoms with Gasteiger partial charge in [-0.05, 0) is 122 Å². The van der Waals surface area contributed by atoms with E-state index in [-0.39, 0.29) is 11.3 Å². The van der Waals surface area contributed by atoms with Crippen molar-refractivity contribution >= 4 is 15.9 Å². The summed E-state index contributed by atoms with van der Waals surface area (Å²) >= 11 is 0. The minimum atomic E-state index is -4.06. The van der Waals surface area contributed by atoms with E-state index in [4.69, 9.17) is 0 Å². The standard InChI is InChI=1S/C32H48FNO3S/c1-5-22-19-25-28-14-13-26(32(28,4)18-16-29(25)31(3)17-7-6-11-27(22)31)21(2)12-15-30(35)34-38(36,37)24-10-8-9-23(33)20-24/h8-10,20-22,25-29H,5-7,11-19H2,1-4H3,(H,34,35)/t21-,22+,25?,26-,27+,28?,29?,31+,32-/m1/s1. The first-order valence-corrected chi connectivity index (χ1v) is 16.8. The third kappa shape index (κ3) is 4.86. The summed E-state index contributed by atoms with van der Waals surface area (Å²) < 4.78 is 40.8. The summed E-state index contributed by atoms with van der Waals surface area (Å²) in [6, 6.07) is 4.78. The summed E-state index contributed by atoms with van der Waals surface area (Å²) in [4.78, 5) is 12.4. The topological polar surface area (TPSA) is 63.2 Å². The van der Waals surface area contributed by atoms with Gasteiger partial charge in [-0.3, -0.25) is 4.79 Å². The molecule has 9 atom stereocenters. The average Bonchev–Trinajstić information content (AvgIpc) is 3.23. The molecule has 4 aliphatic carbocycles. The highest BCUT2D eigenvalue weighted by atomic mass is 32.2. The third-order valence-electron chi connectivity index (χ3n) is 12.2. The molecule has 0 aromatic heterocycles. The van der Waals surface area contributed by atoms with E-state index in [1.165, 1.54) is 82.4 Å². The number of sulfonamides is 1. The molecule has 1 N–H and O–H groups in total. The van der Waals surface area contributed by atoms with Gasteiger partial charge < -0.3 is 0 Å². The molecule has 4 saturated carbocycles. The number of nitrogens with one attached hydrogen (secondary N) is 1. The zero-order valence-corrected chi connectivity index (χ0v) is 24.7. The molecule has 3 unspecified atom stereocenters. The number of halogens is 1. The summed E-state index contributed by atoms with van der Waals surface area (Å²) in [6.45, 7) is 9.89. The van der Waals surface area contributed by atoms with Crippen molar-refractivity contribution in [1.82, 2.24) is 4.72 Å². The van der Waals surface area contributed by atoms with Gasteiger partial charge in [0.05, 0.1) is 4.90 Å².